The molecule has 1 heterocycles. The van der Waals surface area contributed by atoms with Gasteiger partial charge in [0.1, 0.15) is 0 Å². The molecule has 0 unspecified atom stereocenters. The molecule has 1 aromatic carbocycles. The minimum Gasteiger partial charge on any atom is -0.357 e. The fourth-order valence-electron chi connectivity index (χ4n) is 2.38. The molecule has 0 atom stereocenters. The number of nitrogens with one attached hydrogen (secondary N) is 2. The Morgan fingerprint density at radius 1 is 1.17 bits per heavy atom. The zero-order chi connectivity index (χ0) is 16.3. The van der Waals surface area contributed by atoms with E-state index in [-0.39, 0.29) is 24.0 Å². The molecule has 132 valence electrons. The number of hydrogen-bond donors (Lipinski definition) is 2. The van der Waals surface area contributed by atoms with Crippen LogP contribution in [0.25, 0.3) is 10.9 Å². The number of fused-ring (bicyclic) bond motifs is 1. The van der Waals surface area contributed by atoms with Gasteiger partial charge < -0.3 is 10.6 Å². The average Bonchev–Trinajstić information content (AvgIpc) is 2.59. The highest BCUT2D eigenvalue weighted by Gasteiger charge is 2.02. The standard InChI is InChI=1S/C18H26N4S.HI/c1-3-19-18(21-11-6-7-13-23-2)22-14-15-10-12-20-17-9-5-4-8-16(15)17;/h4-5,8-10,12H,3,6-7,11,13-14H2,1-2H3,(H2,19,21,22);1H. The summed E-state index contributed by atoms with van der Waals surface area (Å²) < 4.78 is 0. The molecule has 4 nitrogen and oxygen atoms in total. The van der Waals surface area contributed by atoms with Crippen molar-refractivity contribution in [3.8, 4) is 0 Å². The average molecular weight is 458 g/mol. The molecule has 1 aromatic heterocycles. The number of pyridine rings is 1. The largest absolute Gasteiger partial charge is 0.357 e. The fraction of sp³-hybridized carbons (Fsp3) is 0.444. The molecule has 2 aromatic rings. The van der Waals surface area contributed by atoms with Crippen LogP contribution >= 0.6 is 35.7 Å². The lowest BCUT2D eigenvalue weighted by atomic mass is 10.1. The van der Waals surface area contributed by atoms with Gasteiger partial charge in [0.05, 0.1) is 12.1 Å². The predicted molar refractivity (Wildman–Crippen MR) is 118 cm³/mol. The quantitative estimate of drug-likeness (QED) is 0.271. The van der Waals surface area contributed by atoms with Crippen LogP contribution in [-0.4, -0.2) is 36.0 Å². The summed E-state index contributed by atoms with van der Waals surface area (Å²) in [6.45, 7) is 4.58. The number of hydrogen-bond acceptors (Lipinski definition) is 3. The van der Waals surface area contributed by atoms with Crippen LogP contribution in [0, 0.1) is 0 Å². The number of thioether (sulfide) groups is 1. The first kappa shape index (κ1) is 21.0. The number of para-hydroxylation sites is 1. The monoisotopic (exact) mass is 458 g/mol. The minimum atomic E-state index is 0. The van der Waals surface area contributed by atoms with E-state index >= 15 is 0 Å². The lowest BCUT2D eigenvalue weighted by molar-refractivity contribution is 0.734. The zero-order valence-corrected chi connectivity index (χ0v) is 17.6. The highest BCUT2D eigenvalue weighted by molar-refractivity contribution is 14.0. The van der Waals surface area contributed by atoms with E-state index in [1.165, 1.54) is 29.5 Å². The van der Waals surface area contributed by atoms with E-state index in [1.807, 2.05) is 42.2 Å². The Morgan fingerprint density at radius 2 is 2.00 bits per heavy atom. The summed E-state index contributed by atoms with van der Waals surface area (Å²) in [5.41, 5.74) is 2.23. The molecule has 0 fully saturated rings. The molecule has 2 N–H and O–H groups in total. The first-order valence-electron chi connectivity index (χ1n) is 8.19. The number of nitrogens with zero attached hydrogens (tertiary/aromatic N) is 2. The van der Waals surface area contributed by atoms with Gasteiger partial charge in [0.15, 0.2) is 5.96 Å². The van der Waals surface area contributed by atoms with E-state index in [0.717, 1.165) is 24.6 Å². The van der Waals surface area contributed by atoms with Gasteiger partial charge in [-0.05, 0) is 49.5 Å². The second-order valence-electron chi connectivity index (χ2n) is 5.31. The molecule has 0 amide bonds. The smallest absolute Gasteiger partial charge is 0.191 e. The predicted octanol–water partition coefficient (Wildman–Crippen LogP) is 4.05. The van der Waals surface area contributed by atoms with Crippen LogP contribution < -0.4 is 10.6 Å². The minimum absolute atomic E-state index is 0. The number of guanidine groups is 1. The molecular weight excluding hydrogens is 431 g/mol. The van der Waals surface area contributed by atoms with Gasteiger partial charge in [-0.1, -0.05) is 18.2 Å². The van der Waals surface area contributed by atoms with Crippen molar-refractivity contribution in [2.24, 2.45) is 4.99 Å². The van der Waals surface area contributed by atoms with Crippen molar-refractivity contribution in [2.45, 2.75) is 26.3 Å². The third-order valence-electron chi connectivity index (χ3n) is 3.56. The third kappa shape index (κ3) is 6.84. The Kier molecular flexibility index (Phi) is 10.8. The van der Waals surface area contributed by atoms with E-state index in [0.29, 0.717) is 6.54 Å². The van der Waals surface area contributed by atoms with Crippen LogP contribution in [0.2, 0.25) is 0 Å². The summed E-state index contributed by atoms with van der Waals surface area (Å²) in [6.07, 6.45) is 6.42. The second kappa shape index (κ2) is 12.4. The molecule has 0 spiro atoms. The molecule has 0 aliphatic carbocycles. The van der Waals surface area contributed by atoms with Crippen LogP contribution in [0.15, 0.2) is 41.5 Å². The van der Waals surface area contributed by atoms with Gasteiger partial charge in [-0.25, -0.2) is 4.99 Å². The van der Waals surface area contributed by atoms with Crippen molar-refractivity contribution in [3.63, 3.8) is 0 Å². The fourth-order valence-corrected chi connectivity index (χ4v) is 2.87. The van der Waals surface area contributed by atoms with E-state index < -0.39 is 0 Å². The van der Waals surface area contributed by atoms with E-state index in [1.54, 1.807) is 0 Å². The Labute approximate surface area is 166 Å². The zero-order valence-electron chi connectivity index (χ0n) is 14.4. The molecular formula is C18H27IN4S. The summed E-state index contributed by atoms with van der Waals surface area (Å²) in [7, 11) is 0. The number of halogens is 1. The molecule has 24 heavy (non-hydrogen) atoms. The van der Waals surface area contributed by atoms with Gasteiger partial charge in [-0.3, -0.25) is 4.98 Å². The van der Waals surface area contributed by atoms with Crippen molar-refractivity contribution in [2.75, 3.05) is 25.1 Å². The van der Waals surface area contributed by atoms with E-state index in [9.17, 15) is 0 Å². The van der Waals surface area contributed by atoms with Crippen LogP contribution in [0.4, 0.5) is 0 Å². The first-order chi connectivity index (χ1) is 11.3. The molecule has 0 bridgehead atoms. The number of benzene rings is 1. The second-order valence-corrected chi connectivity index (χ2v) is 6.29. The molecule has 0 aliphatic heterocycles. The topological polar surface area (TPSA) is 49.3 Å². The van der Waals surface area contributed by atoms with E-state index in [2.05, 4.69) is 34.9 Å². The van der Waals surface area contributed by atoms with Gasteiger partial charge in [-0.2, -0.15) is 11.8 Å². The summed E-state index contributed by atoms with van der Waals surface area (Å²) in [5, 5.41) is 7.90. The van der Waals surface area contributed by atoms with Crippen molar-refractivity contribution in [1.29, 1.82) is 0 Å². The van der Waals surface area contributed by atoms with Gasteiger partial charge in [0.25, 0.3) is 0 Å². The summed E-state index contributed by atoms with van der Waals surface area (Å²) >= 11 is 1.90. The Balaban J connectivity index is 0.00000288. The SMILES string of the molecule is CCNC(=NCc1ccnc2ccccc12)NCCCCSC.I. The number of aromatic nitrogens is 1. The molecule has 0 saturated carbocycles. The normalized spacial score (nSPS) is 11.2. The summed E-state index contributed by atoms with van der Waals surface area (Å²) in [4.78, 5) is 9.11. The summed E-state index contributed by atoms with van der Waals surface area (Å²) in [6, 6.07) is 10.3. The van der Waals surface area contributed by atoms with Crippen molar-refractivity contribution in [1.82, 2.24) is 15.6 Å². The maximum absolute atomic E-state index is 4.71. The maximum atomic E-state index is 4.71. The molecule has 0 saturated heterocycles. The first-order valence-corrected chi connectivity index (χ1v) is 9.58. The van der Waals surface area contributed by atoms with Gasteiger partial charge in [0, 0.05) is 24.7 Å². The van der Waals surface area contributed by atoms with Crippen LogP contribution in [-0.2, 0) is 6.54 Å². The Morgan fingerprint density at radius 3 is 2.79 bits per heavy atom. The van der Waals surface area contributed by atoms with Gasteiger partial charge in [-0.15, -0.1) is 24.0 Å². The molecule has 0 aliphatic rings. The number of unbranched alkanes of at least 4 members (excludes halogenated alkanes) is 1. The van der Waals surface area contributed by atoms with Crippen LogP contribution in [0.3, 0.4) is 0 Å². The molecule has 0 radical (unpaired) electrons. The number of aliphatic imine (C=N–C) groups is 1. The Bertz CT molecular complexity index is 628. The van der Waals surface area contributed by atoms with Crippen LogP contribution in [0.1, 0.15) is 25.3 Å². The third-order valence-corrected chi connectivity index (χ3v) is 4.26. The highest BCUT2D eigenvalue weighted by atomic mass is 127. The maximum Gasteiger partial charge on any atom is 0.191 e. The molecule has 2 rings (SSSR count). The lowest BCUT2D eigenvalue weighted by Gasteiger charge is -2.11. The number of rotatable bonds is 8. The Hall–Kier alpha value is -1.02. The van der Waals surface area contributed by atoms with Crippen molar-refractivity contribution in [3.05, 3.63) is 42.1 Å². The van der Waals surface area contributed by atoms with Gasteiger partial charge in [0.2, 0.25) is 0 Å². The summed E-state index contributed by atoms with van der Waals surface area (Å²) in [5.74, 6) is 2.11. The van der Waals surface area contributed by atoms with Gasteiger partial charge >= 0.3 is 0 Å². The molecule has 6 heteroatoms. The van der Waals surface area contributed by atoms with E-state index in [4.69, 9.17) is 4.99 Å². The van der Waals surface area contributed by atoms with Crippen molar-refractivity contribution >= 4 is 52.6 Å². The lowest BCUT2D eigenvalue weighted by Crippen LogP contribution is -2.37. The highest BCUT2D eigenvalue weighted by Crippen LogP contribution is 2.16. The van der Waals surface area contributed by atoms with Crippen LogP contribution in [0.5, 0.6) is 0 Å². The van der Waals surface area contributed by atoms with Crippen molar-refractivity contribution < 1.29 is 0 Å².